The molecule has 3 aromatic carbocycles. The summed E-state index contributed by atoms with van der Waals surface area (Å²) in [5, 5.41) is 3.26. The van der Waals surface area contributed by atoms with E-state index in [1.807, 2.05) is 54.6 Å². The lowest BCUT2D eigenvalue weighted by Crippen LogP contribution is -2.52. The van der Waals surface area contributed by atoms with Gasteiger partial charge in [0, 0.05) is 38.0 Å². The first-order valence-corrected chi connectivity index (χ1v) is 18.2. The van der Waals surface area contributed by atoms with Crippen molar-refractivity contribution in [2.24, 2.45) is 0 Å². The van der Waals surface area contributed by atoms with Gasteiger partial charge in [0.05, 0.1) is 19.1 Å². The van der Waals surface area contributed by atoms with Crippen LogP contribution in [0.25, 0.3) is 0 Å². The molecule has 1 fully saturated rings. The Bertz CT molecular complexity index is 1610. The molecular formula is C36H45N3O7S. The monoisotopic (exact) mass is 663 g/mol. The van der Waals surface area contributed by atoms with Crippen LogP contribution in [-0.4, -0.2) is 70.3 Å². The summed E-state index contributed by atoms with van der Waals surface area (Å²) in [5.41, 5.74) is 2.21. The summed E-state index contributed by atoms with van der Waals surface area (Å²) < 4.78 is 43.8. The summed E-state index contributed by atoms with van der Waals surface area (Å²) in [6, 6.07) is 21.5. The maximum Gasteiger partial charge on any atom is 0.243 e. The maximum absolute atomic E-state index is 14.2. The number of methoxy groups -OCH3 is 1. The van der Waals surface area contributed by atoms with Crippen molar-refractivity contribution >= 4 is 27.5 Å². The Morgan fingerprint density at radius 2 is 1.64 bits per heavy atom. The number of nitrogens with one attached hydrogen (secondary N) is 1. The van der Waals surface area contributed by atoms with E-state index in [4.69, 9.17) is 14.2 Å². The van der Waals surface area contributed by atoms with E-state index in [0.717, 1.165) is 49.5 Å². The number of rotatable bonds is 14. The fourth-order valence-corrected chi connectivity index (χ4v) is 7.21. The van der Waals surface area contributed by atoms with E-state index < -0.39 is 16.1 Å². The van der Waals surface area contributed by atoms with Crippen LogP contribution in [-0.2, 0) is 32.6 Å². The van der Waals surface area contributed by atoms with Gasteiger partial charge in [-0.05, 0) is 54.7 Å². The lowest BCUT2D eigenvalue weighted by molar-refractivity contribution is -0.141. The molecule has 0 radical (unpaired) electrons. The summed E-state index contributed by atoms with van der Waals surface area (Å²) in [5.74, 6) is 1.29. The minimum Gasteiger partial charge on any atom is -0.497 e. The minimum atomic E-state index is -3.67. The van der Waals surface area contributed by atoms with Crippen LogP contribution in [0.2, 0.25) is 0 Å². The molecule has 2 amide bonds. The van der Waals surface area contributed by atoms with Crippen LogP contribution in [0, 0.1) is 0 Å². The van der Waals surface area contributed by atoms with E-state index in [-0.39, 0.29) is 43.8 Å². The summed E-state index contributed by atoms with van der Waals surface area (Å²) in [4.78, 5) is 29.9. The molecule has 10 nitrogen and oxygen atoms in total. The van der Waals surface area contributed by atoms with Gasteiger partial charge in [0.1, 0.15) is 25.0 Å². The topological polar surface area (TPSA) is 114 Å². The normalized spacial score (nSPS) is 15.4. The number of carbonyl (C=O) groups excluding carboxylic acids is 2. The molecule has 5 rings (SSSR count). The number of anilines is 1. The van der Waals surface area contributed by atoms with E-state index in [0.29, 0.717) is 42.6 Å². The smallest absolute Gasteiger partial charge is 0.243 e. The largest absolute Gasteiger partial charge is 0.497 e. The van der Waals surface area contributed by atoms with Crippen molar-refractivity contribution in [3.63, 3.8) is 0 Å². The van der Waals surface area contributed by atoms with E-state index in [1.54, 1.807) is 30.2 Å². The average Bonchev–Trinajstić information content (AvgIpc) is 3.08. The van der Waals surface area contributed by atoms with Crippen molar-refractivity contribution in [2.45, 2.75) is 70.0 Å². The van der Waals surface area contributed by atoms with Gasteiger partial charge in [0.25, 0.3) is 0 Å². The Morgan fingerprint density at radius 1 is 0.915 bits per heavy atom. The molecular weight excluding hydrogens is 618 g/mol. The Hall–Kier alpha value is -4.25. The van der Waals surface area contributed by atoms with Crippen molar-refractivity contribution in [2.75, 3.05) is 37.4 Å². The molecule has 0 saturated heterocycles. The average molecular weight is 664 g/mol. The molecule has 47 heavy (non-hydrogen) atoms. The number of sulfonamides is 1. The second kappa shape index (κ2) is 16.0. The first-order chi connectivity index (χ1) is 22.7. The number of carbonyl (C=O) groups is 2. The van der Waals surface area contributed by atoms with Crippen molar-refractivity contribution in [3.05, 3.63) is 83.9 Å². The van der Waals surface area contributed by atoms with Crippen LogP contribution in [0.4, 0.5) is 5.69 Å². The zero-order valence-electron chi connectivity index (χ0n) is 27.2. The molecule has 1 aliphatic heterocycles. The van der Waals surface area contributed by atoms with Gasteiger partial charge >= 0.3 is 0 Å². The fourth-order valence-electron chi connectivity index (χ4n) is 6.26. The lowest BCUT2D eigenvalue weighted by Gasteiger charge is -2.34. The van der Waals surface area contributed by atoms with Crippen LogP contribution in [0.3, 0.4) is 0 Å². The van der Waals surface area contributed by atoms with Crippen molar-refractivity contribution < 1.29 is 32.2 Å². The van der Waals surface area contributed by atoms with Crippen molar-refractivity contribution in [3.8, 4) is 17.2 Å². The van der Waals surface area contributed by atoms with Crippen LogP contribution in [0.1, 0.15) is 56.1 Å². The summed E-state index contributed by atoms with van der Waals surface area (Å²) in [7, 11) is -2.08. The number of nitrogens with zero attached hydrogens (tertiary/aromatic N) is 2. The quantitative estimate of drug-likeness (QED) is 0.255. The summed E-state index contributed by atoms with van der Waals surface area (Å²) in [6.45, 7) is 1.09. The summed E-state index contributed by atoms with van der Waals surface area (Å²) in [6.07, 6.45) is 6.94. The zero-order valence-corrected chi connectivity index (χ0v) is 28.0. The minimum absolute atomic E-state index is 0.0442. The van der Waals surface area contributed by atoms with Gasteiger partial charge in [0.2, 0.25) is 21.8 Å². The highest BCUT2D eigenvalue weighted by atomic mass is 32.2. The predicted molar refractivity (Wildman–Crippen MR) is 181 cm³/mol. The second-order valence-corrected chi connectivity index (χ2v) is 14.1. The predicted octanol–water partition coefficient (Wildman–Crippen LogP) is 5.10. The number of benzene rings is 3. The highest BCUT2D eigenvalue weighted by Crippen LogP contribution is 2.35. The molecule has 1 atom stereocenters. The molecule has 0 aromatic heterocycles. The van der Waals surface area contributed by atoms with Crippen LogP contribution >= 0.6 is 0 Å². The molecule has 1 aliphatic carbocycles. The Morgan fingerprint density at radius 3 is 2.36 bits per heavy atom. The molecule has 1 saturated carbocycles. The first kappa shape index (κ1) is 34.1. The van der Waals surface area contributed by atoms with Gasteiger partial charge in [-0.15, -0.1) is 0 Å². The van der Waals surface area contributed by atoms with Gasteiger partial charge in [-0.2, -0.15) is 0 Å². The molecule has 3 aromatic rings. The van der Waals surface area contributed by atoms with Gasteiger partial charge in [0.15, 0.2) is 11.5 Å². The van der Waals surface area contributed by atoms with Crippen molar-refractivity contribution in [1.29, 1.82) is 0 Å². The Kier molecular flexibility index (Phi) is 11.6. The third kappa shape index (κ3) is 9.41. The Balaban J connectivity index is 1.39. The third-order valence-corrected chi connectivity index (χ3v) is 9.87. The number of hydrogen-bond acceptors (Lipinski definition) is 7. The molecule has 0 spiro atoms. The van der Waals surface area contributed by atoms with E-state index in [9.17, 15) is 18.0 Å². The molecule has 0 bridgehead atoms. The number of fused-ring (bicyclic) bond motifs is 1. The highest BCUT2D eigenvalue weighted by molar-refractivity contribution is 7.92. The highest BCUT2D eigenvalue weighted by Gasteiger charge is 2.32. The number of ether oxygens (including phenoxy) is 3. The van der Waals surface area contributed by atoms with Crippen LogP contribution in [0.5, 0.6) is 17.2 Å². The maximum atomic E-state index is 14.2. The SMILES string of the molecule is COc1cccc(CN(C(=O)CCCN(c2ccc3c(c2)OCCO3)S(C)(=O)=O)C(Cc2ccccc2)C(=O)NC2CCCCC2)c1. The number of amides is 2. The first-order valence-electron chi connectivity index (χ1n) is 16.4. The van der Waals surface area contributed by atoms with Gasteiger partial charge in [-0.1, -0.05) is 61.7 Å². The van der Waals surface area contributed by atoms with Crippen LogP contribution < -0.4 is 23.8 Å². The summed E-state index contributed by atoms with van der Waals surface area (Å²) >= 11 is 0. The van der Waals surface area contributed by atoms with E-state index in [2.05, 4.69) is 5.32 Å². The third-order valence-electron chi connectivity index (χ3n) is 8.68. The zero-order chi connectivity index (χ0) is 33.2. The molecule has 2 aliphatic rings. The molecule has 1 unspecified atom stereocenters. The molecule has 11 heteroatoms. The molecule has 1 N–H and O–H groups in total. The van der Waals surface area contributed by atoms with Crippen LogP contribution in [0.15, 0.2) is 72.8 Å². The van der Waals surface area contributed by atoms with Gasteiger partial charge in [-0.3, -0.25) is 13.9 Å². The lowest BCUT2D eigenvalue weighted by atomic mass is 9.94. The fraction of sp³-hybridized carbons (Fsp3) is 0.444. The van der Waals surface area contributed by atoms with E-state index >= 15 is 0 Å². The molecule has 1 heterocycles. The Labute approximate surface area is 278 Å². The van der Waals surface area contributed by atoms with Gasteiger partial charge in [-0.25, -0.2) is 8.42 Å². The number of hydrogen-bond donors (Lipinski definition) is 1. The van der Waals surface area contributed by atoms with Crippen molar-refractivity contribution in [1.82, 2.24) is 10.2 Å². The van der Waals surface area contributed by atoms with E-state index in [1.165, 1.54) is 4.31 Å². The molecule has 252 valence electrons. The second-order valence-electron chi connectivity index (χ2n) is 12.2. The standard InChI is InChI=1S/C36H45N3O7S/c1-44-31-16-9-13-28(23-31)26-38(32(24-27-11-5-3-6-12-27)36(41)37-29-14-7-4-8-15-29)35(40)17-10-20-39(47(2,42)43)30-18-19-33-34(25-30)46-22-21-45-33/h3,5-6,9,11-13,16,18-19,23,25,29,32H,4,7-8,10,14-15,17,20-22,24,26H2,1-2H3,(H,37,41). The van der Waals surface area contributed by atoms with Gasteiger partial charge < -0.3 is 24.4 Å².